The summed E-state index contributed by atoms with van der Waals surface area (Å²) in [5.74, 6) is -0.499. The van der Waals surface area contributed by atoms with Crippen LogP contribution in [0.25, 0.3) is 6.08 Å². The van der Waals surface area contributed by atoms with E-state index < -0.39 is 0 Å². The summed E-state index contributed by atoms with van der Waals surface area (Å²) in [5, 5.41) is 2.76. The number of nitrogen functional groups attached to an aromatic ring is 1. The van der Waals surface area contributed by atoms with E-state index in [2.05, 4.69) is 5.32 Å². The summed E-state index contributed by atoms with van der Waals surface area (Å²) < 4.78 is 12.7. The average molecular weight is 270 g/mol. The molecule has 102 valence electrons. The van der Waals surface area contributed by atoms with Crippen LogP contribution in [0.4, 0.5) is 10.1 Å². The van der Waals surface area contributed by atoms with Crippen LogP contribution in [-0.2, 0) is 11.3 Å². The van der Waals surface area contributed by atoms with Crippen molar-refractivity contribution in [2.75, 3.05) is 5.73 Å². The molecule has 2 rings (SSSR count). The minimum absolute atomic E-state index is 0.203. The van der Waals surface area contributed by atoms with Gasteiger partial charge in [0, 0.05) is 18.3 Å². The zero-order valence-electron chi connectivity index (χ0n) is 10.8. The van der Waals surface area contributed by atoms with Gasteiger partial charge in [-0.3, -0.25) is 4.79 Å². The molecule has 2 aromatic carbocycles. The van der Waals surface area contributed by atoms with Crippen LogP contribution in [0.2, 0.25) is 0 Å². The third-order valence-electron chi connectivity index (χ3n) is 2.74. The number of halogens is 1. The quantitative estimate of drug-likeness (QED) is 0.663. The van der Waals surface area contributed by atoms with E-state index in [1.54, 1.807) is 30.3 Å². The summed E-state index contributed by atoms with van der Waals surface area (Å²) in [5.41, 5.74) is 8.02. The zero-order valence-corrected chi connectivity index (χ0v) is 10.8. The van der Waals surface area contributed by atoms with Gasteiger partial charge in [0.2, 0.25) is 5.91 Å². The Hall–Kier alpha value is -2.62. The Morgan fingerprint density at radius 3 is 2.40 bits per heavy atom. The van der Waals surface area contributed by atoms with Crippen molar-refractivity contribution in [3.63, 3.8) is 0 Å². The maximum Gasteiger partial charge on any atom is 0.244 e. The van der Waals surface area contributed by atoms with Crippen LogP contribution in [0.1, 0.15) is 11.1 Å². The van der Waals surface area contributed by atoms with Gasteiger partial charge in [0.15, 0.2) is 0 Å². The van der Waals surface area contributed by atoms with E-state index in [4.69, 9.17) is 5.73 Å². The Kier molecular flexibility index (Phi) is 4.50. The van der Waals surface area contributed by atoms with Crippen LogP contribution in [0.5, 0.6) is 0 Å². The van der Waals surface area contributed by atoms with Gasteiger partial charge in [-0.2, -0.15) is 0 Å². The first kappa shape index (κ1) is 13.8. The molecule has 4 heteroatoms. The molecule has 3 N–H and O–H groups in total. The van der Waals surface area contributed by atoms with Crippen LogP contribution in [0.3, 0.4) is 0 Å². The van der Waals surface area contributed by atoms with Gasteiger partial charge < -0.3 is 11.1 Å². The van der Waals surface area contributed by atoms with Crippen molar-refractivity contribution in [2.24, 2.45) is 0 Å². The first-order valence-corrected chi connectivity index (χ1v) is 6.19. The number of rotatable bonds is 4. The van der Waals surface area contributed by atoms with Gasteiger partial charge in [-0.15, -0.1) is 0 Å². The Balaban J connectivity index is 1.86. The van der Waals surface area contributed by atoms with Crippen LogP contribution in [0, 0.1) is 5.82 Å². The van der Waals surface area contributed by atoms with Crippen molar-refractivity contribution >= 4 is 17.7 Å². The highest BCUT2D eigenvalue weighted by Crippen LogP contribution is 2.06. The second-order valence-corrected chi connectivity index (χ2v) is 4.34. The maximum atomic E-state index is 12.7. The van der Waals surface area contributed by atoms with E-state index in [0.29, 0.717) is 12.2 Å². The van der Waals surface area contributed by atoms with E-state index in [1.165, 1.54) is 18.2 Å². The predicted octanol–water partition coefficient (Wildman–Crippen LogP) is 2.74. The summed E-state index contributed by atoms with van der Waals surface area (Å²) in [7, 11) is 0. The number of anilines is 1. The molecule has 0 heterocycles. The van der Waals surface area contributed by atoms with Crippen molar-refractivity contribution < 1.29 is 9.18 Å². The SMILES string of the molecule is Nc1ccc(CNC(=O)/C=C/c2ccc(F)cc2)cc1. The molecule has 1 amide bonds. The number of nitrogens with one attached hydrogen (secondary N) is 1. The second-order valence-electron chi connectivity index (χ2n) is 4.34. The lowest BCUT2D eigenvalue weighted by atomic mass is 10.2. The molecular formula is C16H15FN2O. The fourth-order valence-corrected chi connectivity index (χ4v) is 1.63. The number of benzene rings is 2. The summed E-state index contributed by atoms with van der Waals surface area (Å²) in [6.45, 7) is 0.437. The minimum Gasteiger partial charge on any atom is -0.399 e. The largest absolute Gasteiger partial charge is 0.399 e. The summed E-state index contributed by atoms with van der Waals surface area (Å²) >= 11 is 0. The lowest BCUT2D eigenvalue weighted by Gasteiger charge is -2.03. The molecular weight excluding hydrogens is 255 g/mol. The van der Waals surface area contributed by atoms with Gasteiger partial charge >= 0.3 is 0 Å². The highest BCUT2D eigenvalue weighted by atomic mass is 19.1. The molecule has 0 radical (unpaired) electrons. The van der Waals surface area contributed by atoms with Crippen LogP contribution in [-0.4, -0.2) is 5.91 Å². The highest BCUT2D eigenvalue weighted by Gasteiger charge is 1.97. The zero-order chi connectivity index (χ0) is 14.4. The maximum absolute atomic E-state index is 12.7. The molecule has 0 aliphatic rings. The van der Waals surface area contributed by atoms with Crippen LogP contribution >= 0.6 is 0 Å². The molecule has 2 aromatic rings. The van der Waals surface area contributed by atoms with Gasteiger partial charge in [0.1, 0.15) is 5.82 Å². The summed E-state index contributed by atoms with van der Waals surface area (Å²) in [4.78, 5) is 11.6. The van der Waals surface area contributed by atoms with E-state index in [-0.39, 0.29) is 11.7 Å². The van der Waals surface area contributed by atoms with Crippen molar-refractivity contribution in [3.8, 4) is 0 Å². The third kappa shape index (κ3) is 4.24. The number of carbonyl (C=O) groups excluding carboxylic acids is 1. The van der Waals surface area contributed by atoms with Crippen molar-refractivity contribution in [3.05, 3.63) is 71.6 Å². The first-order valence-electron chi connectivity index (χ1n) is 6.19. The van der Waals surface area contributed by atoms with Crippen LogP contribution in [0.15, 0.2) is 54.6 Å². The van der Waals surface area contributed by atoms with Gasteiger partial charge in [0.25, 0.3) is 0 Å². The van der Waals surface area contributed by atoms with E-state index in [1.807, 2.05) is 12.1 Å². The van der Waals surface area contributed by atoms with Gasteiger partial charge in [-0.1, -0.05) is 24.3 Å². The fourth-order valence-electron chi connectivity index (χ4n) is 1.63. The predicted molar refractivity (Wildman–Crippen MR) is 78.1 cm³/mol. The van der Waals surface area contributed by atoms with E-state index in [0.717, 1.165) is 11.1 Å². The molecule has 0 spiro atoms. The van der Waals surface area contributed by atoms with Crippen molar-refractivity contribution in [2.45, 2.75) is 6.54 Å². The van der Waals surface area contributed by atoms with Crippen molar-refractivity contribution in [1.82, 2.24) is 5.32 Å². The number of nitrogens with two attached hydrogens (primary N) is 1. The van der Waals surface area contributed by atoms with Crippen LogP contribution < -0.4 is 11.1 Å². The third-order valence-corrected chi connectivity index (χ3v) is 2.74. The molecule has 0 aliphatic heterocycles. The van der Waals surface area contributed by atoms with Gasteiger partial charge in [-0.25, -0.2) is 4.39 Å². The van der Waals surface area contributed by atoms with Crippen molar-refractivity contribution in [1.29, 1.82) is 0 Å². The summed E-state index contributed by atoms with van der Waals surface area (Å²) in [6.07, 6.45) is 3.06. The second kappa shape index (κ2) is 6.52. The van der Waals surface area contributed by atoms with E-state index >= 15 is 0 Å². The molecule has 20 heavy (non-hydrogen) atoms. The monoisotopic (exact) mass is 270 g/mol. The first-order chi connectivity index (χ1) is 9.63. The number of hydrogen-bond acceptors (Lipinski definition) is 2. The molecule has 0 bridgehead atoms. The Morgan fingerprint density at radius 1 is 1.10 bits per heavy atom. The average Bonchev–Trinajstić information content (AvgIpc) is 2.46. The molecule has 3 nitrogen and oxygen atoms in total. The molecule has 0 fully saturated rings. The number of carbonyl (C=O) groups is 1. The Labute approximate surface area is 116 Å². The molecule has 0 atom stereocenters. The minimum atomic E-state index is -0.296. The standard InChI is InChI=1S/C16H15FN2O/c17-14-6-1-12(2-7-14)5-10-16(20)19-11-13-3-8-15(18)9-4-13/h1-10H,11,18H2,(H,19,20)/b10-5+. The fraction of sp³-hybridized carbons (Fsp3) is 0.0625. The molecule has 0 aromatic heterocycles. The Bertz CT molecular complexity index is 603. The van der Waals surface area contributed by atoms with Gasteiger partial charge in [0.05, 0.1) is 0 Å². The lowest BCUT2D eigenvalue weighted by Crippen LogP contribution is -2.20. The lowest BCUT2D eigenvalue weighted by molar-refractivity contribution is -0.116. The number of hydrogen-bond donors (Lipinski definition) is 2. The molecule has 0 aliphatic carbocycles. The number of amides is 1. The molecule has 0 unspecified atom stereocenters. The molecule has 0 saturated heterocycles. The highest BCUT2D eigenvalue weighted by molar-refractivity contribution is 5.91. The normalized spacial score (nSPS) is 10.7. The van der Waals surface area contributed by atoms with E-state index in [9.17, 15) is 9.18 Å². The van der Waals surface area contributed by atoms with Gasteiger partial charge in [-0.05, 0) is 41.5 Å². The smallest absolute Gasteiger partial charge is 0.244 e. The summed E-state index contributed by atoms with van der Waals surface area (Å²) in [6, 6.07) is 13.2. The molecule has 0 saturated carbocycles. The Morgan fingerprint density at radius 2 is 1.75 bits per heavy atom. The topological polar surface area (TPSA) is 55.1 Å².